The Bertz CT molecular complexity index is 407. The van der Waals surface area contributed by atoms with Crippen LogP contribution < -0.4 is 0 Å². The summed E-state index contributed by atoms with van der Waals surface area (Å²) in [4.78, 5) is 0. The molecule has 0 radical (unpaired) electrons. The van der Waals surface area contributed by atoms with E-state index in [2.05, 4.69) is 21.5 Å². The largest absolute Gasteiger partial charge is 0.276 e. The van der Waals surface area contributed by atoms with Gasteiger partial charge in [0.2, 0.25) is 0 Å². The highest BCUT2D eigenvalue weighted by atomic mass is 32.2. The highest BCUT2D eigenvalue weighted by molar-refractivity contribution is 8.01. The lowest BCUT2D eigenvalue weighted by molar-refractivity contribution is 0.766. The molecule has 2 heterocycles. The number of aryl methyl sites for hydroxylation is 3. The van der Waals surface area contributed by atoms with E-state index in [1.165, 1.54) is 5.56 Å². The van der Waals surface area contributed by atoms with Crippen LogP contribution in [-0.2, 0) is 13.5 Å². The maximum Gasteiger partial charge on any atom is 0.174 e. The smallest absolute Gasteiger partial charge is 0.174 e. The monoisotopic (exact) mass is 254 g/mol. The van der Waals surface area contributed by atoms with Gasteiger partial charge in [-0.15, -0.1) is 10.2 Å². The third-order valence-corrected chi connectivity index (χ3v) is 4.16. The molecule has 0 aliphatic rings. The SMILES string of the molecule is Cc1nnc(SCCCc2cnn(C)c2)s1. The van der Waals surface area contributed by atoms with Crippen molar-refractivity contribution < 1.29 is 0 Å². The van der Waals surface area contributed by atoms with Gasteiger partial charge in [-0.05, 0) is 25.3 Å². The van der Waals surface area contributed by atoms with Crippen LogP contribution in [0, 0.1) is 6.92 Å². The van der Waals surface area contributed by atoms with E-state index in [0.29, 0.717) is 0 Å². The molecule has 0 unspecified atom stereocenters. The first kappa shape index (κ1) is 11.6. The van der Waals surface area contributed by atoms with Crippen molar-refractivity contribution in [2.24, 2.45) is 7.05 Å². The van der Waals surface area contributed by atoms with Crippen molar-refractivity contribution in [1.29, 1.82) is 0 Å². The number of hydrogen-bond donors (Lipinski definition) is 0. The van der Waals surface area contributed by atoms with Gasteiger partial charge in [-0.3, -0.25) is 4.68 Å². The van der Waals surface area contributed by atoms with Gasteiger partial charge in [-0.2, -0.15) is 5.10 Å². The molecule has 0 bridgehead atoms. The molecule has 0 spiro atoms. The quantitative estimate of drug-likeness (QED) is 0.606. The van der Waals surface area contributed by atoms with Crippen molar-refractivity contribution in [3.05, 3.63) is 23.0 Å². The van der Waals surface area contributed by atoms with Gasteiger partial charge in [0.05, 0.1) is 6.20 Å². The molecule has 0 aromatic carbocycles. The minimum atomic E-state index is 1.04. The molecule has 6 heteroatoms. The van der Waals surface area contributed by atoms with Gasteiger partial charge in [0, 0.05) is 19.0 Å². The van der Waals surface area contributed by atoms with E-state index in [1.807, 2.05) is 24.9 Å². The molecule has 2 aromatic rings. The molecule has 0 aliphatic heterocycles. The predicted octanol–water partition coefficient (Wildman–Crippen LogP) is 2.30. The molecule has 2 aromatic heterocycles. The molecule has 4 nitrogen and oxygen atoms in total. The molecule has 0 N–H and O–H groups in total. The van der Waals surface area contributed by atoms with E-state index in [9.17, 15) is 0 Å². The van der Waals surface area contributed by atoms with Crippen molar-refractivity contribution in [2.75, 3.05) is 5.75 Å². The number of rotatable bonds is 5. The lowest BCUT2D eigenvalue weighted by Crippen LogP contribution is -1.87. The summed E-state index contributed by atoms with van der Waals surface area (Å²) in [5.41, 5.74) is 1.30. The fraction of sp³-hybridized carbons (Fsp3) is 0.500. The molecule has 2 rings (SSSR count). The maximum atomic E-state index is 4.15. The second-order valence-electron chi connectivity index (χ2n) is 3.56. The van der Waals surface area contributed by atoms with Gasteiger partial charge in [0.25, 0.3) is 0 Å². The fourth-order valence-corrected chi connectivity index (χ4v) is 3.20. The summed E-state index contributed by atoms with van der Waals surface area (Å²) in [5.74, 6) is 1.09. The average molecular weight is 254 g/mol. The van der Waals surface area contributed by atoms with Gasteiger partial charge in [0.1, 0.15) is 5.01 Å². The molecular formula is C10H14N4S2. The minimum absolute atomic E-state index is 1.04. The van der Waals surface area contributed by atoms with Crippen molar-refractivity contribution in [3.8, 4) is 0 Å². The summed E-state index contributed by atoms with van der Waals surface area (Å²) in [7, 11) is 1.95. The van der Waals surface area contributed by atoms with Crippen molar-refractivity contribution in [1.82, 2.24) is 20.0 Å². The minimum Gasteiger partial charge on any atom is -0.276 e. The number of aromatic nitrogens is 4. The van der Waals surface area contributed by atoms with E-state index in [1.54, 1.807) is 23.1 Å². The van der Waals surface area contributed by atoms with Gasteiger partial charge in [-0.1, -0.05) is 23.1 Å². The van der Waals surface area contributed by atoms with Crippen LogP contribution in [0.15, 0.2) is 16.7 Å². The lowest BCUT2D eigenvalue weighted by Gasteiger charge is -1.95. The van der Waals surface area contributed by atoms with Crippen LogP contribution in [0.3, 0.4) is 0 Å². The van der Waals surface area contributed by atoms with E-state index in [4.69, 9.17) is 0 Å². The van der Waals surface area contributed by atoms with Crippen LogP contribution >= 0.6 is 23.1 Å². The summed E-state index contributed by atoms with van der Waals surface area (Å²) in [6.07, 6.45) is 6.23. The van der Waals surface area contributed by atoms with Crippen LogP contribution in [0.25, 0.3) is 0 Å². The second-order valence-corrected chi connectivity index (χ2v) is 6.08. The van der Waals surface area contributed by atoms with E-state index in [0.717, 1.165) is 27.9 Å². The Morgan fingerprint density at radius 2 is 2.31 bits per heavy atom. The van der Waals surface area contributed by atoms with Crippen molar-refractivity contribution in [3.63, 3.8) is 0 Å². The Morgan fingerprint density at radius 1 is 1.44 bits per heavy atom. The van der Waals surface area contributed by atoms with Gasteiger partial charge < -0.3 is 0 Å². The third-order valence-electron chi connectivity index (χ3n) is 2.10. The average Bonchev–Trinajstić information content (AvgIpc) is 2.83. The second kappa shape index (κ2) is 5.45. The predicted molar refractivity (Wildman–Crippen MR) is 66.9 cm³/mol. The van der Waals surface area contributed by atoms with Crippen LogP contribution in [-0.4, -0.2) is 25.7 Å². The Hall–Kier alpha value is -0.880. The Kier molecular flexibility index (Phi) is 3.95. The Labute approximate surface area is 103 Å². The maximum absolute atomic E-state index is 4.15. The summed E-state index contributed by atoms with van der Waals surface area (Å²) >= 11 is 3.45. The summed E-state index contributed by atoms with van der Waals surface area (Å²) in [5, 5.41) is 13.3. The van der Waals surface area contributed by atoms with E-state index < -0.39 is 0 Å². The van der Waals surface area contributed by atoms with Crippen molar-refractivity contribution in [2.45, 2.75) is 24.1 Å². The van der Waals surface area contributed by atoms with Crippen LogP contribution in [0.4, 0.5) is 0 Å². The first-order valence-corrected chi connectivity index (χ1v) is 6.94. The zero-order valence-electron chi connectivity index (χ0n) is 9.38. The van der Waals surface area contributed by atoms with Crippen LogP contribution in [0.2, 0.25) is 0 Å². The number of nitrogens with zero attached hydrogens (tertiary/aromatic N) is 4. The summed E-state index contributed by atoms with van der Waals surface area (Å²) < 4.78 is 2.92. The number of thioether (sulfide) groups is 1. The molecule has 16 heavy (non-hydrogen) atoms. The molecule has 0 fully saturated rings. The molecule has 86 valence electrons. The van der Waals surface area contributed by atoms with Crippen LogP contribution in [0.5, 0.6) is 0 Å². The fourth-order valence-electron chi connectivity index (χ4n) is 1.37. The zero-order valence-corrected chi connectivity index (χ0v) is 11.0. The third kappa shape index (κ3) is 3.31. The Balaban J connectivity index is 1.69. The number of hydrogen-bond acceptors (Lipinski definition) is 5. The first-order chi connectivity index (χ1) is 7.74. The summed E-state index contributed by atoms with van der Waals surface area (Å²) in [6.45, 7) is 1.98. The van der Waals surface area contributed by atoms with E-state index in [-0.39, 0.29) is 0 Å². The molecular weight excluding hydrogens is 240 g/mol. The van der Waals surface area contributed by atoms with Gasteiger partial charge in [0.15, 0.2) is 4.34 Å². The first-order valence-electron chi connectivity index (χ1n) is 5.14. The van der Waals surface area contributed by atoms with E-state index >= 15 is 0 Å². The Morgan fingerprint density at radius 3 is 2.94 bits per heavy atom. The molecule has 0 saturated carbocycles. The summed E-state index contributed by atoms with van der Waals surface area (Å²) in [6, 6.07) is 0. The highest BCUT2D eigenvalue weighted by Gasteiger charge is 2.01. The normalized spacial score (nSPS) is 10.9. The standard InChI is InChI=1S/C10H14N4S2/c1-8-12-13-10(16-8)15-5-3-4-9-6-11-14(2)7-9/h6-7H,3-5H2,1-2H3. The topological polar surface area (TPSA) is 43.6 Å². The van der Waals surface area contributed by atoms with Crippen LogP contribution in [0.1, 0.15) is 17.0 Å². The molecule has 0 amide bonds. The van der Waals surface area contributed by atoms with Gasteiger partial charge >= 0.3 is 0 Å². The van der Waals surface area contributed by atoms with Gasteiger partial charge in [-0.25, -0.2) is 0 Å². The molecule has 0 aliphatic carbocycles. The van der Waals surface area contributed by atoms with Crippen molar-refractivity contribution >= 4 is 23.1 Å². The zero-order chi connectivity index (χ0) is 11.4. The molecule has 0 saturated heterocycles. The molecule has 0 atom stereocenters. The highest BCUT2D eigenvalue weighted by Crippen LogP contribution is 2.22. The lowest BCUT2D eigenvalue weighted by atomic mass is 10.2.